The van der Waals surface area contributed by atoms with Gasteiger partial charge in [0, 0.05) is 12.8 Å². The number of thioether (sulfide) groups is 1. The number of aliphatic carboxylic acids is 2. The first-order valence-corrected chi connectivity index (χ1v) is 13.3. The van der Waals surface area contributed by atoms with Crippen LogP contribution in [0.2, 0.25) is 0 Å². The zero-order chi connectivity index (χ0) is 28.7. The molecule has 9 N–H and O–H groups in total. The van der Waals surface area contributed by atoms with Gasteiger partial charge in [-0.1, -0.05) is 30.3 Å². The third kappa shape index (κ3) is 12.5. The number of amides is 4. The Balaban J connectivity index is 2.97. The summed E-state index contributed by atoms with van der Waals surface area (Å²) in [5.41, 5.74) is 11.9. The molecule has 0 radical (unpaired) electrons. The number of primary amides is 1. The smallest absolute Gasteiger partial charge is 0.326 e. The molecule has 4 amide bonds. The van der Waals surface area contributed by atoms with Crippen molar-refractivity contribution < 1.29 is 39.0 Å². The Labute approximate surface area is 224 Å². The number of carbonyl (C=O) groups excluding carboxylic acids is 4. The van der Waals surface area contributed by atoms with Crippen molar-refractivity contribution in [2.45, 2.75) is 62.7 Å². The molecule has 13 nitrogen and oxygen atoms in total. The van der Waals surface area contributed by atoms with Crippen molar-refractivity contribution in [2.24, 2.45) is 11.5 Å². The average molecular weight is 554 g/mol. The largest absolute Gasteiger partial charge is 0.481 e. The van der Waals surface area contributed by atoms with Gasteiger partial charge in [-0.25, -0.2) is 4.79 Å². The number of nitrogens with one attached hydrogen (secondary N) is 3. The van der Waals surface area contributed by atoms with E-state index in [2.05, 4.69) is 16.0 Å². The van der Waals surface area contributed by atoms with Crippen LogP contribution < -0.4 is 27.4 Å². The second-order valence-corrected chi connectivity index (χ2v) is 9.52. The first-order valence-electron chi connectivity index (χ1n) is 11.9. The lowest BCUT2D eigenvalue weighted by atomic mass is 10.0. The number of nitrogens with two attached hydrogens (primary N) is 2. The van der Waals surface area contributed by atoms with Crippen LogP contribution >= 0.6 is 11.8 Å². The summed E-state index contributed by atoms with van der Waals surface area (Å²) in [6.07, 6.45) is 0.790. The van der Waals surface area contributed by atoms with Gasteiger partial charge in [0.1, 0.15) is 18.1 Å². The lowest BCUT2D eigenvalue weighted by molar-refractivity contribution is -0.143. The topological polar surface area (TPSA) is 231 Å². The fraction of sp³-hybridized carbons (Fsp3) is 0.500. The first kappa shape index (κ1) is 32.4. The van der Waals surface area contributed by atoms with Gasteiger partial charge in [-0.05, 0) is 43.3 Å². The second kappa shape index (κ2) is 17.0. The summed E-state index contributed by atoms with van der Waals surface area (Å²) in [6, 6.07) is 4.12. The zero-order valence-corrected chi connectivity index (χ0v) is 21.9. The molecule has 0 saturated carbocycles. The third-order valence-electron chi connectivity index (χ3n) is 5.45. The minimum Gasteiger partial charge on any atom is -0.481 e. The van der Waals surface area contributed by atoms with Crippen molar-refractivity contribution in [3.63, 3.8) is 0 Å². The molecular weight excluding hydrogens is 518 g/mol. The maximum Gasteiger partial charge on any atom is 0.326 e. The van der Waals surface area contributed by atoms with E-state index in [1.165, 1.54) is 11.8 Å². The number of hydrogen-bond acceptors (Lipinski definition) is 8. The summed E-state index contributed by atoms with van der Waals surface area (Å²) < 4.78 is 0. The van der Waals surface area contributed by atoms with Crippen LogP contribution in [0.15, 0.2) is 30.3 Å². The van der Waals surface area contributed by atoms with Crippen molar-refractivity contribution in [3.8, 4) is 0 Å². The molecule has 1 rings (SSSR count). The van der Waals surface area contributed by atoms with Crippen LogP contribution in [-0.4, -0.2) is 82.0 Å². The van der Waals surface area contributed by atoms with Gasteiger partial charge in [0.25, 0.3) is 0 Å². The van der Waals surface area contributed by atoms with Crippen molar-refractivity contribution in [1.82, 2.24) is 16.0 Å². The highest BCUT2D eigenvalue weighted by atomic mass is 32.2. The van der Waals surface area contributed by atoms with Crippen LogP contribution in [0.25, 0.3) is 0 Å². The Morgan fingerprint density at radius 2 is 1.34 bits per heavy atom. The molecule has 210 valence electrons. The molecule has 0 spiro atoms. The quantitative estimate of drug-likeness (QED) is 0.117. The van der Waals surface area contributed by atoms with Crippen LogP contribution in [0.1, 0.15) is 37.7 Å². The van der Waals surface area contributed by atoms with E-state index in [1.807, 2.05) is 18.2 Å². The molecule has 0 aromatic heterocycles. The van der Waals surface area contributed by atoms with E-state index in [9.17, 15) is 33.9 Å². The highest BCUT2D eigenvalue weighted by molar-refractivity contribution is 7.98. The zero-order valence-electron chi connectivity index (χ0n) is 21.1. The Kier molecular flexibility index (Phi) is 14.5. The van der Waals surface area contributed by atoms with Crippen LogP contribution in [0, 0.1) is 0 Å². The highest BCUT2D eigenvalue weighted by Crippen LogP contribution is 2.07. The Morgan fingerprint density at radius 1 is 0.816 bits per heavy atom. The monoisotopic (exact) mass is 553 g/mol. The fourth-order valence-electron chi connectivity index (χ4n) is 3.37. The third-order valence-corrected chi connectivity index (χ3v) is 6.10. The number of carbonyl (C=O) groups is 6. The van der Waals surface area contributed by atoms with Crippen molar-refractivity contribution >= 4 is 47.3 Å². The maximum absolute atomic E-state index is 13.1. The highest BCUT2D eigenvalue weighted by Gasteiger charge is 2.30. The molecule has 1 aromatic rings. The van der Waals surface area contributed by atoms with Gasteiger partial charge in [0.15, 0.2) is 0 Å². The van der Waals surface area contributed by atoms with Gasteiger partial charge in [-0.15, -0.1) is 0 Å². The molecule has 0 fully saturated rings. The fourth-order valence-corrected chi connectivity index (χ4v) is 3.84. The molecule has 1 aromatic carbocycles. The van der Waals surface area contributed by atoms with Crippen LogP contribution in [0.5, 0.6) is 0 Å². The number of carboxylic acids is 2. The standard InChI is InChI=1S/C24H35N5O8S/c1-38-12-11-17(27-21(33)15(25)13-14-5-3-2-4-6-14)23(35)28-16(8-10-20(31)32)22(34)29-18(24(36)37)7-9-19(26)30/h2-6,15-18H,7-13,25H2,1H3,(H2,26,30)(H,27,33)(H,28,35)(H,29,34)(H,31,32)(H,36,37). The minimum atomic E-state index is -1.48. The summed E-state index contributed by atoms with van der Waals surface area (Å²) in [6.45, 7) is 0. The molecule has 38 heavy (non-hydrogen) atoms. The number of carboxylic acid groups (broad SMARTS) is 2. The molecule has 4 atom stereocenters. The SMILES string of the molecule is CSCCC(NC(=O)C(N)Cc1ccccc1)C(=O)NC(CCC(=O)O)C(=O)NC(CCC(N)=O)C(=O)O. The number of benzene rings is 1. The van der Waals surface area contributed by atoms with Crippen LogP contribution in [0.4, 0.5) is 0 Å². The molecule has 0 heterocycles. The first-order chi connectivity index (χ1) is 17.9. The van der Waals surface area contributed by atoms with Gasteiger partial charge in [-0.2, -0.15) is 11.8 Å². The maximum atomic E-state index is 13.1. The lowest BCUT2D eigenvalue weighted by Crippen LogP contribution is -2.57. The summed E-state index contributed by atoms with van der Waals surface area (Å²) in [7, 11) is 0. The number of hydrogen-bond donors (Lipinski definition) is 7. The molecule has 4 unspecified atom stereocenters. The van der Waals surface area contributed by atoms with Crippen molar-refractivity contribution in [3.05, 3.63) is 35.9 Å². The van der Waals surface area contributed by atoms with Crippen molar-refractivity contribution in [1.29, 1.82) is 0 Å². The number of rotatable bonds is 18. The van der Waals surface area contributed by atoms with E-state index in [1.54, 1.807) is 18.4 Å². The van der Waals surface area contributed by atoms with Gasteiger partial charge in [0.05, 0.1) is 6.04 Å². The minimum absolute atomic E-state index is 0.195. The molecule has 14 heteroatoms. The molecule has 0 aliphatic carbocycles. The normalized spacial score (nSPS) is 13.8. The molecule has 0 saturated heterocycles. The Hall–Kier alpha value is -3.65. The van der Waals surface area contributed by atoms with Crippen LogP contribution in [-0.2, 0) is 35.2 Å². The molecule has 0 bridgehead atoms. The average Bonchev–Trinajstić information content (AvgIpc) is 2.86. The van der Waals surface area contributed by atoms with Gasteiger partial charge < -0.3 is 37.6 Å². The molecule has 0 aliphatic rings. The Morgan fingerprint density at radius 3 is 1.87 bits per heavy atom. The van der Waals surface area contributed by atoms with Gasteiger partial charge in [-0.3, -0.25) is 24.0 Å². The predicted molar refractivity (Wildman–Crippen MR) is 140 cm³/mol. The predicted octanol–water partition coefficient (Wildman–Crippen LogP) is -1.02. The van der Waals surface area contributed by atoms with Crippen LogP contribution in [0.3, 0.4) is 0 Å². The summed E-state index contributed by atoms with van der Waals surface area (Å²) in [5.74, 6) is -5.24. The van der Waals surface area contributed by atoms with Gasteiger partial charge >= 0.3 is 11.9 Å². The molecular formula is C24H35N5O8S. The summed E-state index contributed by atoms with van der Waals surface area (Å²) in [5, 5.41) is 25.6. The van der Waals surface area contributed by atoms with Crippen molar-refractivity contribution in [2.75, 3.05) is 12.0 Å². The summed E-state index contributed by atoms with van der Waals surface area (Å²) in [4.78, 5) is 72.2. The van der Waals surface area contributed by atoms with E-state index >= 15 is 0 Å². The molecule has 0 aliphatic heterocycles. The second-order valence-electron chi connectivity index (χ2n) is 8.54. The summed E-state index contributed by atoms with van der Waals surface area (Å²) >= 11 is 1.42. The van der Waals surface area contributed by atoms with E-state index in [0.29, 0.717) is 5.75 Å². The Bertz CT molecular complexity index is 978. The van der Waals surface area contributed by atoms with E-state index in [4.69, 9.17) is 16.6 Å². The van der Waals surface area contributed by atoms with Gasteiger partial charge in [0.2, 0.25) is 23.6 Å². The van der Waals surface area contributed by atoms with E-state index < -0.39 is 66.2 Å². The van der Waals surface area contributed by atoms with E-state index in [-0.39, 0.29) is 32.1 Å². The lowest BCUT2D eigenvalue weighted by Gasteiger charge is -2.25. The van der Waals surface area contributed by atoms with E-state index in [0.717, 1.165) is 5.56 Å².